The number of nitrogens with two attached hydrogens (primary N) is 1. The molecule has 41 heavy (non-hydrogen) atoms. The van der Waals surface area contributed by atoms with Crippen LogP contribution in [0.5, 0.6) is 5.75 Å². The number of rotatable bonds is 12. The van der Waals surface area contributed by atoms with E-state index in [9.17, 15) is 18.3 Å². The summed E-state index contributed by atoms with van der Waals surface area (Å²) in [5, 5.41) is 14.2. The number of hydrogen-bond donors (Lipinski definition) is 3. The van der Waals surface area contributed by atoms with Gasteiger partial charge in [0.1, 0.15) is 11.9 Å². The quantitative estimate of drug-likeness (QED) is 0.337. The number of carbonyl (C=O) groups is 1. The second kappa shape index (κ2) is 14.0. The second-order valence-electron chi connectivity index (χ2n) is 10.9. The number of sulfonamides is 1. The van der Waals surface area contributed by atoms with Gasteiger partial charge >= 0.3 is 6.09 Å². The normalized spacial score (nSPS) is 24.1. The molecule has 0 radical (unpaired) electrons. The van der Waals surface area contributed by atoms with E-state index in [1.807, 2.05) is 44.2 Å². The number of carbonyl (C=O) groups excluding carboxylic acids is 1. The molecule has 2 aromatic carbocycles. The van der Waals surface area contributed by atoms with Gasteiger partial charge in [-0.1, -0.05) is 44.2 Å². The van der Waals surface area contributed by atoms with E-state index in [0.29, 0.717) is 25.4 Å². The molecule has 2 heterocycles. The molecule has 2 saturated heterocycles. The van der Waals surface area contributed by atoms with Gasteiger partial charge in [0.05, 0.1) is 43.3 Å². The number of amides is 1. The summed E-state index contributed by atoms with van der Waals surface area (Å²) in [4.78, 5) is 13.2. The zero-order valence-electron chi connectivity index (χ0n) is 23.7. The highest BCUT2D eigenvalue weighted by Gasteiger charge is 2.46. The largest absolute Gasteiger partial charge is 0.497 e. The fourth-order valence-electron chi connectivity index (χ4n) is 5.26. The summed E-state index contributed by atoms with van der Waals surface area (Å²) in [7, 11) is -2.45. The van der Waals surface area contributed by atoms with Crippen LogP contribution in [0.15, 0.2) is 59.5 Å². The molecule has 12 heteroatoms. The van der Waals surface area contributed by atoms with Crippen LogP contribution < -0.4 is 15.8 Å². The van der Waals surface area contributed by atoms with E-state index in [-0.39, 0.29) is 42.3 Å². The van der Waals surface area contributed by atoms with Crippen LogP contribution >= 0.6 is 0 Å². The molecular weight excluding hydrogens is 550 g/mol. The van der Waals surface area contributed by atoms with E-state index in [1.54, 1.807) is 12.1 Å². The average Bonchev–Trinajstić information content (AvgIpc) is 3.34. The number of alkyl carbamates (subject to hydrolysis) is 1. The summed E-state index contributed by atoms with van der Waals surface area (Å²) >= 11 is 0. The number of nitrogens with one attached hydrogen (secondary N) is 1. The van der Waals surface area contributed by atoms with Crippen molar-refractivity contribution in [2.24, 2.45) is 17.6 Å². The van der Waals surface area contributed by atoms with E-state index in [2.05, 4.69) is 5.32 Å². The molecule has 2 aliphatic rings. The molecule has 6 atom stereocenters. The number of hydrogen-bond acceptors (Lipinski definition) is 9. The van der Waals surface area contributed by atoms with Crippen LogP contribution in [0.3, 0.4) is 0 Å². The molecule has 4 N–H and O–H groups in total. The van der Waals surface area contributed by atoms with Gasteiger partial charge in [-0.25, -0.2) is 13.2 Å². The molecule has 0 saturated carbocycles. The summed E-state index contributed by atoms with van der Waals surface area (Å²) in [6, 6.07) is 14.3. The molecule has 1 amide bonds. The van der Waals surface area contributed by atoms with Crippen molar-refractivity contribution in [1.29, 1.82) is 0 Å². The number of aliphatic hydroxyl groups is 1. The maximum atomic E-state index is 13.6. The average molecular weight is 592 g/mol. The molecule has 2 fully saturated rings. The SMILES string of the molecule is COc1ccc(S(=O)(=O)N(CC(C)C)C[C@@H](O)[C@H](Cc2ccccc2)NC(=O)O[C@H]2CCO[C@H]3OC[C@H](N)[C@H]32)cc1. The first-order valence-corrected chi connectivity index (χ1v) is 15.3. The van der Waals surface area contributed by atoms with Gasteiger partial charge in [-0.3, -0.25) is 0 Å². The van der Waals surface area contributed by atoms with Crippen molar-refractivity contribution in [1.82, 2.24) is 9.62 Å². The molecule has 11 nitrogen and oxygen atoms in total. The summed E-state index contributed by atoms with van der Waals surface area (Å²) in [6.45, 7) is 4.44. The Balaban J connectivity index is 1.52. The van der Waals surface area contributed by atoms with Gasteiger partial charge in [0.25, 0.3) is 0 Å². The summed E-state index contributed by atoms with van der Waals surface area (Å²) in [6.07, 6.45) is -2.25. The van der Waals surface area contributed by atoms with Crippen LogP contribution in [-0.4, -0.2) is 87.9 Å². The van der Waals surface area contributed by atoms with Crippen LogP contribution in [0.2, 0.25) is 0 Å². The lowest BCUT2D eigenvalue weighted by Crippen LogP contribution is -2.53. The molecule has 0 bridgehead atoms. The number of aliphatic hydroxyl groups excluding tert-OH is 1. The third-order valence-electron chi connectivity index (χ3n) is 7.36. The van der Waals surface area contributed by atoms with Crippen LogP contribution in [0, 0.1) is 11.8 Å². The van der Waals surface area contributed by atoms with Crippen molar-refractivity contribution < 1.29 is 37.3 Å². The van der Waals surface area contributed by atoms with Crippen molar-refractivity contribution in [2.75, 3.05) is 33.4 Å². The highest BCUT2D eigenvalue weighted by Crippen LogP contribution is 2.32. The molecule has 4 rings (SSSR count). The Kier molecular flexibility index (Phi) is 10.6. The first kappa shape index (κ1) is 31.2. The molecular formula is C29H41N3O8S. The Morgan fingerprint density at radius 1 is 1.12 bits per heavy atom. The topological polar surface area (TPSA) is 150 Å². The first-order valence-electron chi connectivity index (χ1n) is 13.9. The lowest BCUT2D eigenvalue weighted by Gasteiger charge is -2.35. The number of nitrogens with zero attached hydrogens (tertiary/aromatic N) is 1. The van der Waals surface area contributed by atoms with Crippen molar-refractivity contribution in [3.8, 4) is 5.75 Å². The Labute approximate surface area is 242 Å². The van der Waals surface area contributed by atoms with E-state index in [4.69, 9.17) is 24.7 Å². The molecule has 2 aliphatic heterocycles. The molecule has 226 valence electrons. The van der Waals surface area contributed by atoms with Gasteiger partial charge < -0.3 is 35.1 Å². The fraction of sp³-hybridized carbons (Fsp3) is 0.552. The Morgan fingerprint density at radius 3 is 2.49 bits per heavy atom. The minimum Gasteiger partial charge on any atom is -0.497 e. The van der Waals surface area contributed by atoms with Gasteiger partial charge in [0.15, 0.2) is 6.29 Å². The van der Waals surface area contributed by atoms with E-state index in [1.165, 1.54) is 23.5 Å². The van der Waals surface area contributed by atoms with Gasteiger partial charge in [-0.05, 0) is 42.2 Å². The van der Waals surface area contributed by atoms with Gasteiger partial charge in [0.2, 0.25) is 10.0 Å². The zero-order chi connectivity index (χ0) is 29.6. The van der Waals surface area contributed by atoms with Crippen LogP contribution in [0.1, 0.15) is 25.8 Å². The van der Waals surface area contributed by atoms with E-state index < -0.39 is 40.7 Å². The van der Waals surface area contributed by atoms with Gasteiger partial charge in [0, 0.05) is 25.6 Å². The minimum atomic E-state index is -3.96. The predicted octanol–water partition coefficient (Wildman–Crippen LogP) is 2.13. The molecule has 0 aromatic heterocycles. The monoisotopic (exact) mass is 591 g/mol. The third kappa shape index (κ3) is 7.97. The minimum absolute atomic E-state index is 0.0139. The highest BCUT2D eigenvalue weighted by atomic mass is 32.2. The Morgan fingerprint density at radius 2 is 1.83 bits per heavy atom. The van der Waals surface area contributed by atoms with Gasteiger partial charge in [-0.15, -0.1) is 0 Å². The van der Waals surface area contributed by atoms with Crippen LogP contribution in [0.4, 0.5) is 4.79 Å². The molecule has 0 aliphatic carbocycles. The number of fused-ring (bicyclic) bond motifs is 1. The number of ether oxygens (including phenoxy) is 4. The smallest absolute Gasteiger partial charge is 0.407 e. The zero-order valence-corrected chi connectivity index (χ0v) is 24.5. The first-order chi connectivity index (χ1) is 19.6. The van der Waals surface area contributed by atoms with Crippen molar-refractivity contribution in [3.05, 3.63) is 60.2 Å². The maximum absolute atomic E-state index is 13.6. The van der Waals surface area contributed by atoms with Gasteiger partial charge in [-0.2, -0.15) is 4.31 Å². The number of benzene rings is 2. The third-order valence-corrected chi connectivity index (χ3v) is 9.20. The maximum Gasteiger partial charge on any atom is 0.407 e. The molecule has 0 unspecified atom stereocenters. The predicted molar refractivity (Wildman–Crippen MR) is 152 cm³/mol. The van der Waals surface area contributed by atoms with Crippen LogP contribution in [-0.2, 0) is 30.7 Å². The van der Waals surface area contributed by atoms with E-state index >= 15 is 0 Å². The Hall–Kier alpha value is -2.74. The second-order valence-corrected chi connectivity index (χ2v) is 12.9. The lowest BCUT2D eigenvalue weighted by molar-refractivity contribution is -0.180. The standard InChI is InChI=1S/C29H41N3O8S/c1-19(2)16-32(41(35,36)22-11-9-21(37-3)10-12-22)17-25(33)24(15-20-7-5-4-6-8-20)31-29(34)40-26-13-14-38-28-27(26)23(30)18-39-28/h4-12,19,23-28,33H,13-18,30H2,1-3H3,(H,31,34)/t23-,24-,25+,26-,27-,28-/m0/s1. The van der Waals surface area contributed by atoms with Crippen molar-refractivity contribution >= 4 is 16.1 Å². The highest BCUT2D eigenvalue weighted by molar-refractivity contribution is 7.89. The summed E-state index contributed by atoms with van der Waals surface area (Å²) < 4.78 is 50.6. The van der Waals surface area contributed by atoms with E-state index in [0.717, 1.165) is 5.56 Å². The summed E-state index contributed by atoms with van der Waals surface area (Å²) in [5.74, 6) is 0.231. The fourth-order valence-corrected chi connectivity index (χ4v) is 6.88. The van der Waals surface area contributed by atoms with Crippen molar-refractivity contribution in [2.45, 2.75) is 62.2 Å². The van der Waals surface area contributed by atoms with Crippen molar-refractivity contribution in [3.63, 3.8) is 0 Å². The number of methoxy groups -OCH3 is 1. The van der Waals surface area contributed by atoms with Crippen LogP contribution in [0.25, 0.3) is 0 Å². The molecule has 2 aromatic rings. The molecule has 0 spiro atoms. The lowest BCUT2D eigenvalue weighted by atomic mass is 9.92. The Bertz CT molecular complexity index is 1230. The summed E-state index contributed by atoms with van der Waals surface area (Å²) in [5.41, 5.74) is 7.04.